The minimum absolute atomic E-state index is 0.0527. The molecule has 1 saturated carbocycles. The third-order valence-corrected chi connectivity index (χ3v) is 9.53. The predicted octanol–water partition coefficient (Wildman–Crippen LogP) is 5.08. The number of fused-ring (bicyclic) bond motifs is 3. The van der Waals surface area contributed by atoms with E-state index in [1.807, 2.05) is 82.7 Å². The number of nitrogens with zero attached hydrogens (tertiary/aromatic N) is 3. The number of pyridine rings is 1. The van der Waals surface area contributed by atoms with Crippen LogP contribution in [0.2, 0.25) is 0 Å². The van der Waals surface area contributed by atoms with Gasteiger partial charge in [-0.25, -0.2) is 0 Å². The van der Waals surface area contributed by atoms with Gasteiger partial charge >= 0.3 is 0 Å². The summed E-state index contributed by atoms with van der Waals surface area (Å²) in [6.07, 6.45) is 9.24. The normalized spacial score (nSPS) is 20.8. The molecular formula is C35H37N5O3. The summed E-state index contributed by atoms with van der Waals surface area (Å²) in [5.41, 5.74) is 3.97. The molecule has 43 heavy (non-hydrogen) atoms. The number of rotatable bonds is 7. The Labute approximate surface area is 251 Å². The van der Waals surface area contributed by atoms with Crippen molar-refractivity contribution in [2.45, 2.75) is 69.0 Å². The van der Waals surface area contributed by atoms with Gasteiger partial charge in [0.25, 0.3) is 11.8 Å². The maximum Gasteiger partial charge on any atom is 0.272 e. The molecule has 2 N–H and O–H groups in total. The number of carbonyl (C=O) groups excluding carboxylic acids is 3. The van der Waals surface area contributed by atoms with Crippen LogP contribution < -0.4 is 5.32 Å². The van der Waals surface area contributed by atoms with Crippen molar-refractivity contribution in [2.75, 3.05) is 13.1 Å². The van der Waals surface area contributed by atoms with Gasteiger partial charge in [-0.15, -0.1) is 0 Å². The van der Waals surface area contributed by atoms with E-state index >= 15 is 0 Å². The molecule has 7 rings (SSSR count). The first kappa shape index (κ1) is 27.4. The van der Waals surface area contributed by atoms with Crippen molar-refractivity contribution < 1.29 is 14.4 Å². The van der Waals surface area contributed by atoms with Gasteiger partial charge in [0, 0.05) is 36.6 Å². The summed E-state index contributed by atoms with van der Waals surface area (Å²) in [5, 5.41) is 3.96. The summed E-state index contributed by atoms with van der Waals surface area (Å²) >= 11 is 0. The van der Waals surface area contributed by atoms with Crippen LogP contribution >= 0.6 is 0 Å². The van der Waals surface area contributed by atoms with Crippen LogP contribution in [0.3, 0.4) is 0 Å². The van der Waals surface area contributed by atoms with E-state index in [-0.39, 0.29) is 29.8 Å². The Morgan fingerprint density at radius 1 is 0.884 bits per heavy atom. The second-order valence-corrected chi connectivity index (χ2v) is 12.3. The molecule has 3 fully saturated rings. The monoisotopic (exact) mass is 575 g/mol. The van der Waals surface area contributed by atoms with E-state index in [2.05, 4.69) is 21.4 Å². The highest BCUT2D eigenvalue weighted by Crippen LogP contribution is 2.34. The molecular weight excluding hydrogens is 538 g/mol. The van der Waals surface area contributed by atoms with E-state index < -0.39 is 6.04 Å². The van der Waals surface area contributed by atoms with Crippen LogP contribution in [0.15, 0.2) is 79.0 Å². The Balaban J connectivity index is 1.04. The van der Waals surface area contributed by atoms with Crippen LogP contribution in [0.5, 0.6) is 0 Å². The van der Waals surface area contributed by atoms with Crippen LogP contribution in [-0.4, -0.2) is 68.7 Å². The predicted molar refractivity (Wildman–Crippen MR) is 165 cm³/mol. The molecule has 2 aromatic heterocycles. The lowest BCUT2D eigenvalue weighted by Crippen LogP contribution is -2.56. The summed E-state index contributed by atoms with van der Waals surface area (Å²) in [5.74, 6) is 0.0631. The molecule has 220 valence electrons. The molecule has 2 saturated heterocycles. The molecule has 8 nitrogen and oxygen atoms in total. The summed E-state index contributed by atoms with van der Waals surface area (Å²) in [6.45, 7) is 0.943. The van der Waals surface area contributed by atoms with Gasteiger partial charge in [0.05, 0.1) is 12.1 Å². The molecule has 0 radical (unpaired) electrons. The SMILES string of the molecule is O=C(N[C@@H](Cc1ccccc1)C(=O)N1C[C@@H]2C[C@H]1CN2C(=O)c1ccc(C2CCCCC2)cn1)c1cc2ccccc2[nH]1. The van der Waals surface area contributed by atoms with Crippen molar-refractivity contribution in [3.63, 3.8) is 0 Å². The van der Waals surface area contributed by atoms with Crippen molar-refractivity contribution in [3.05, 3.63) is 102 Å². The molecule has 2 aliphatic heterocycles. The highest BCUT2D eigenvalue weighted by Gasteiger charge is 2.48. The molecule has 3 amide bonds. The number of aromatic nitrogens is 2. The van der Waals surface area contributed by atoms with Crippen molar-refractivity contribution >= 4 is 28.6 Å². The summed E-state index contributed by atoms with van der Waals surface area (Å²) < 4.78 is 0. The number of para-hydroxylation sites is 1. The van der Waals surface area contributed by atoms with Crippen molar-refractivity contribution in [2.24, 2.45) is 0 Å². The number of piperazine rings is 1. The Morgan fingerprint density at radius 3 is 2.35 bits per heavy atom. The van der Waals surface area contributed by atoms with Gasteiger partial charge in [-0.05, 0) is 54.5 Å². The Kier molecular flexibility index (Phi) is 7.43. The molecule has 0 unspecified atom stereocenters. The number of benzene rings is 2. The number of nitrogens with one attached hydrogen (secondary N) is 2. The number of H-pyrrole nitrogens is 1. The topological polar surface area (TPSA) is 98.4 Å². The van der Waals surface area contributed by atoms with E-state index in [0.717, 1.165) is 22.9 Å². The summed E-state index contributed by atoms with van der Waals surface area (Å²) in [7, 11) is 0. The Bertz CT molecular complexity index is 1590. The lowest BCUT2D eigenvalue weighted by Gasteiger charge is -2.36. The highest BCUT2D eigenvalue weighted by atomic mass is 16.2. The summed E-state index contributed by atoms with van der Waals surface area (Å²) in [6, 6.07) is 22.4. The molecule has 2 bridgehead atoms. The maximum atomic E-state index is 14.0. The van der Waals surface area contributed by atoms with E-state index in [9.17, 15) is 14.4 Å². The maximum absolute atomic E-state index is 14.0. The largest absolute Gasteiger partial charge is 0.351 e. The molecule has 0 spiro atoms. The first-order chi connectivity index (χ1) is 21.0. The molecule has 3 atom stereocenters. The quantitative estimate of drug-likeness (QED) is 0.321. The second-order valence-electron chi connectivity index (χ2n) is 12.3. The molecule has 4 aromatic rings. The van der Waals surface area contributed by atoms with Crippen molar-refractivity contribution in [1.82, 2.24) is 25.1 Å². The van der Waals surface area contributed by atoms with E-state index in [1.54, 1.807) is 0 Å². The van der Waals surface area contributed by atoms with Gasteiger partial charge < -0.3 is 20.1 Å². The summed E-state index contributed by atoms with van der Waals surface area (Å²) in [4.78, 5) is 52.3. The fraction of sp³-hybridized carbons (Fsp3) is 0.371. The van der Waals surface area contributed by atoms with Crippen LogP contribution in [0.4, 0.5) is 0 Å². The average molecular weight is 576 g/mol. The number of hydrogen-bond acceptors (Lipinski definition) is 4. The zero-order valence-corrected chi connectivity index (χ0v) is 24.2. The third-order valence-electron chi connectivity index (χ3n) is 9.53. The fourth-order valence-electron chi connectivity index (χ4n) is 7.22. The first-order valence-electron chi connectivity index (χ1n) is 15.5. The first-order valence-corrected chi connectivity index (χ1v) is 15.5. The lowest BCUT2D eigenvalue weighted by atomic mass is 9.85. The van der Waals surface area contributed by atoms with Crippen LogP contribution in [0, 0.1) is 0 Å². The lowest BCUT2D eigenvalue weighted by molar-refractivity contribution is -0.135. The van der Waals surface area contributed by atoms with Crippen molar-refractivity contribution in [1.29, 1.82) is 0 Å². The van der Waals surface area contributed by atoms with Gasteiger partial charge in [0.1, 0.15) is 17.4 Å². The van der Waals surface area contributed by atoms with E-state index in [0.29, 0.717) is 36.8 Å². The van der Waals surface area contributed by atoms with Gasteiger partial charge in [-0.2, -0.15) is 0 Å². The molecule has 4 heterocycles. The van der Waals surface area contributed by atoms with E-state index in [1.165, 1.54) is 37.7 Å². The van der Waals surface area contributed by atoms with Gasteiger partial charge in [0.15, 0.2) is 0 Å². The zero-order valence-electron chi connectivity index (χ0n) is 24.2. The fourth-order valence-corrected chi connectivity index (χ4v) is 7.22. The molecule has 3 aliphatic rings. The van der Waals surface area contributed by atoms with Crippen LogP contribution in [-0.2, 0) is 11.2 Å². The van der Waals surface area contributed by atoms with E-state index in [4.69, 9.17) is 0 Å². The minimum Gasteiger partial charge on any atom is -0.351 e. The second kappa shape index (κ2) is 11.7. The third kappa shape index (κ3) is 5.54. The van der Waals surface area contributed by atoms with Crippen LogP contribution in [0.25, 0.3) is 10.9 Å². The number of carbonyl (C=O) groups is 3. The minimum atomic E-state index is -0.723. The van der Waals surface area contributed by atoms with Crippen LogP contribution in [0.1, 0.15) is 76.5 Å². The number of aromatic amines is 1. The Hall–Kier alpha value is -4.46. The van der Waals surface area contributed by atoms with Gasteiger partial charge in [-0.3, -0.25) is 19.4 Å². The smallest absolute Gasteiger partial charge is 0.272 e. The number of likely N-dealkylation sites (tertiary alicyclic amines) is 2. The highest BCUT2D eigenvalue weighted by molar-refractivity contribution is 6.00. The molecule has 1 aliphatic carbocycles. The number of amides is 3. The average Bonchev–Trinajstić information content (AvgIpc) is 3.80. The number of hydrogen-bond donors (Lipinski definition) is 2. The molecule has 2 aromatic carbocycles. The van der Waals surface area contributed by atoms with Gasteiger partial charge in [-0.1, -0.05) is 73.9 Å². The van der Waals surface area contributed by atoms with Gasteiger partial charge in [0.2, 0.25) is 5.91 Å². The standard InChI is InChI=1S/C35H37N5O3/c41-33(31-18-25-13-7-8-14-29(25)37-31)38-32(17-23-9-3-1-4-10-23)35(43)40-22-27-19-28(40)21-39(27)34(42)30-16-15-26(20-36-30)24-11-5-2-6-12-24/h1,3-4,7-10,13-16,18,20,24,27-28,32,37H,2,5-6,11-12,17,19,21-22H2,(H,38,41)/t27-,28-,32-/m0/s1. The van der Waals surface area contributed by atoms with Crippen molar-refractivity contribution in [3.8, 4) is 0 Å². The Morgan fingerprint density at radius 2 is 1.63 bits per heavy atom. The zero-order chi connectivity index (χ0) is 29.3. The molecule has 8 heteroatoms.